The molecule has 3 heterocycles. The van der Waals surface area contributed by atoms with Gasteiger partial charge in [-0.3, -0.25) is 4.79 Å². The van der Waals surface area contributed by atoms with Gasteiger partial charge in [-0.15, -0.1) is 0 Å². The summed E-state index contributed by atoms with van der Waals surface area (Å²) in [6, 6.07) is 1.79. The van der Waals surface area contributed by atoms with E-state index in [9.17, 15) is 4.79 Å². The van der Waals surface area contributed by atoms with Crippen molar-refractivity contribution in [3.8, 4) is 11.3 Å². The van der Waals surface area contributed by atoms with E-state index in [1.54, 1.807) is 41.6 Å². The second-order valence-corrected chi connectivity index (χ2v) is 3.17. The van der Waals surface area contributed by atoms with Gasteiger partial charge in [0, 0.05) is 24.2 Å². The van der Waals surface area contributed by atoms with Gasteiger partial charge in [0.15, 0.2) is 0 Å². The summed E-state index contributed by atoms with van der Waals surface area (Å²) in [5.74, 6) is 0. The maximum atomic E-state index is 11.6. The summed E-state index contributed by atoms with van der Waals surface area (Å²) in [6.07, 6.45) is 8.26. The molecule has 0 aliphatic rings. The quantitative estimate of drug-likeness (QED) is 0.645. The third-order valence-electron chi connectivity index (χ3n) is 2.22. The summed E-state index contributed by atoms with van der Waals surface area (Å²) in [7, 11) is 0. The highest BCUT2D eigenvalue weighted by Gasteiger charge is 2.04. The Labute approximate surface area is 84.0 Å². The molecule has 0 aliphatic heterocycles. The van der Waals surface area contributed by atoms with Gasteiger partial charge in [0.25, 0.3) is 5.56 Å². The lowest BCUT2D eigenvalue weighted by molar-refractivity contribution is 0.568. The van der Waals surface area contributed by atoms with Crippen LogP contribution in [-0.2, 0) is 0 Å². The van der Waals surface area contributed by atoms with Crippen LogP contribution in [0.2, 0.25) is 0 Å². The standard InChI is InChI=1S/C10H7N3O2/c14-10-9-11-2-3-13(9)5-8(12-10)7-1-4-15-6-7/h1-6H,(H,12,14). The Bertz CT molecular complexity index is 649. The van der Waals surface area contributed by atoms with Gasteiger partial charge in [0.05, 0.1) is 18.2 Å². The van der Waals surface area contributed by atoms with Crippen LogP contribution in [0, 0.1) is 0 Å². The molecule has 3 aromatic heterocycles. The Morgan fingerprint density at radius 1 is 1.47 bits per heavy atom. The number of aromatic nitrogens is 3. The van der Waals surface area contributed by atoms with Crippen molar-refractivity contribution in [3.63, 3.8) is 0 Å². The van der Waals surface area contributed by atoms with Crippen LogP contribution in [0.5, 0.6) is 0 Å². The zero-order chi connectivity index (χ0) is 10.3. The molecule has 15 heavy (non-hydrogen) atoms. The summed E-state index contributed by atoms with van der Waals surface area (Å²) < 4.78 is 6.64. The Hall–Kier alpha value is -2.30. The largest absolute Gasteiger partial charge is 0.472 e. The molecule has 1 N–H and O–H groups in total. The monoisotopic (exact) mass is 201 g/mol. The van der Waals surface area contributed by atoms with E-state index in [2.05, 4.69) is 9.97 Å². The molecular formula is C10H7N3O2. The summed E-state index contributed by atoms with van der Waals surface area (Å²) in [6.45, 7) is 0. The van der Waals surface area contributed by atoms with Crippen LogP contribution in [0.15, 0.2) is 46.4 Å². The van der Waals surface area contributed by atoms with E-state index in [0.717, 1.165) is 5.56 Å². The third-order valence-corrected chi connectivity index (χ3v) is 2.22. The predicted molar refractivity (Wildman–Crippen MR) is 53.5 cm³/mol. The van der Waals surface area contributed by atoms with E-state index < -0.39 is 0 Å². The molecule has 0 bridgehead atoms. The molecule has 0 aliphatic carbocycles. The number of imidazole rings is 1. The van der Waals surface area contributed by atoms with Crippen LogP contribution in [0.4, 0.5) is 0 Å². The fourth-order valence-corrected chi connectivity index (χ4v) is 1.51. The third kappa shape index (κ3) is 1.17. The van der Waals surface area contributed by atoms with Crippen LogP contribution < -0.4 is 5.56 Å². The average Bonchev–Trinajstić information content (AvgIpc) is 2.88. The zero-order valence-corrected chi connectivity index (χ0v) is 7.68. The van der Waals surface area contributed by atoms with Gasteiger partial charge in [-0.05, 0) is 6.07 Å². The summed E-state index contributed by atoms with van der Waals surface area (Å²) >= 11 is 0. The molecule has 0 amide bonds. The first kappa shape index (κ1) is 8.05. The molecule has 0 unspecified atom stereocenters. The molecule has 5 heteroatoms. The van der Waals surface area contributed by atoms with Crippen molar-refractivity contribution >= 4 is 5.65 Å². The number of hydrogen-bond acceptors (Lipinski definition) is 3. The minimum Gasteiger partial charge on any atom is -0.472 e. The van der Waals surface area contributed by atoms with Gasteiger partial charge >= 0.3 is 0 Å². The molecule has 3 rings (SSSR count). The molecule has 0 fully saturated rings. The number of hydrogen-bond donors (Lipinski definition) is 1. The fourth-order valence-electron chi connectivity index (χ4n) is 1.51. The topological polar surface area (TPSA) is 63.3 Å². The minimum atomic E-state index is -0.210. The molecule has 0 saturated carbocycles. The Morgan fingerprint density at radius 3 is 3.20 bits per heavy atom. The predicted octanol–water partition coefficient (Wildman–Crippen LogP) is 1.28. The lowest BCUT2D eigenvalue weighted by Crippen LogP contribution is -2.10. The van der Waals surface area contributed by atoms with Crippen LogP contribution in [0.3, 0.4) is 0 Å². The zero-order valence-electron chi connectivity index (χ0n) is 7.68. The maximum absolute atomic E-state index is 11.6. The number of furan rings is 1. The summed E-state index contributed by atoms with van der Waals surface area (Å²) in [5.41, 5.74) is 1.72. The molecule has 0 spiro atoms. The number of fused-ring (bicyclic) bond motifs is 1. The van der Waals surface area contributed by atoms with Crippen molar-refractivity contribution in [2.75, 3.05) is 0 Å². The van der Waals surface area contributed by atoms with Crippen LogP contribution in [0.1, 0.15) is 0 Å². The van der Waals surface area contributed by atoms with Gasteiger partial charge in [-0.25, -0.2) is 4.98 Å². The van der Waals surface area contributed by atoms with E-state index in [0.29, 0.717) is 11.3 Å². The van der Waals surface area contributed by atoms with Crippen molar-refractivity contribution in [2.24, 2.45) is 0 Å². The molecule has 3 aromatic rings. The molecule has 0 atom stereocenters. The lowest BCUT2D eigenvalue weighted by Gasteiger charge is -1.98. The first-order valence-corrected chi connectivity index (χ1v) is 4.43. The maximum Gasteiger partial charge on any atom is 0.292 e. The first-order valence-electron chi connectivity index (χ1n) is 4.43. The number of H-pyrrole nitrogens is 1. The minimum absolute atomic E-state index is 0.210. The highest BCUT2D eigenvalue weighted by atomic mass is 16.3. The van der Waals surface area contributed by atoms with Gasteiger partial charge in [-0.1, -0.05) is 0 Å². The molecule has 0 radical (unpaired) electrons. The Balaban J connectivity index is 2.34. The normalized spacial score (nSPS) is 10.9. The van der Waals surface area contributed by atoms with Gasteiger partial charge in [0.1, 0.15) is 0 Å². The molecule has 5 nitrogen and oxygen atoms in total. The van der Waals surface area contributed by atoms with Gasteiger partial charge in [-0.2, -0.15) is 0 Å². The second-order valence-electron chi connectivity index (χ2n) is 3.17. The SMILES string of the molecule is O=c1[nH]c(-c2ccoc2)cn2ccnc12. The molecule has 0 saturated heterocycles. The van der Waals surface area contributed by atoms with Gasteiger partial charge < -0.3 is 13.8 Å². The lowest BCUT2D eigenvalue weighted by atomic mass is 10.2. The van der Waals surface area contributed by atoms with Crippen LogP contribution >= 0.6 is 0 Å². The number of rotatable bonds is 1. The Kier molecular flexibility index (Phi) is 1.53. The number of nitrogens with one attached hydrogen (secondary N) is 1. The molecule has 0 aromatic carbocycles. The fraction of sp³-hybridized carbons (Fsp3) is 0. The van der Waals surface area contributed by atoms with Crippen LogP contribution in [0.25, 0.3) is 16.9 Å². The van der Waals surface area contributed by atoms with E-state index in [1.165, 1.54) is 0 Å². The highest BCUT2D eigenvalue weighted by Crippen LogP contribution is 2.15. The number of aromatic amines is 1. The van der Waals surface area contributed by atoms with Crippen molar-refractivity contribution < 1.29 is 4.42 Å². The van der Waals surface area contributed by atoms with Crippen molar-refractivity contribution in [1.82, 2.24) is 14.4 Å². The van der Waals surface area contributed by atoms with Crippen molar-refractivity contribution in [2.45, 2.75) is 0 Å². The average molecular weight is 201 g/mol. The van der Waals surface area contributed by atoms with Crippen molar-refractivity contribution in [1.29, 1.82) is 0 Å². The van der Waals surface area contributed by atoms with Crippen LogP contribution in [-0.4, -0.2) is 14.4 Å². The smallest absolute Gasteiger partial charge is 0.292 e. The van der Waals surface area contributed by atoms with E-state index in [4.69, 9.17) is 4.42 Å². The molecular weight excluding hydrogens is 194 g/mol. The van der Waals surface area contributed by atoms with Gasteiger partial charge in [0.2, 0.25) is 5.65 Å². The van der Waals surface area contributed by atoms with E-state index >= 15 is 0 Å². The second kappa shape index (κ2) is 2.84. The first-order chi connectivity index (χ1) is 7.34. The summed E-state index contributed by atoms with van der Waals surface area (Å²) in [4.78, 5) is 18.3. The number of nitrogens with zero attached hydrogens (tertiary/aromatic N) is 2. The van der Waals surface area contributed by atoms with E-state index in [-0.39, 0.29) is 5.56 Å². The van der Waals surface area contributed by atoms with E-state index in [1.807, 2.05) is 0 Å². The summed E-state index contributed by atoms with van der Waals surface area (Å²) in [5, 5.41) is 0. The highest BCUT2D eigenvalue weighted by molar-refractivity contribution is 5.57. The van der Waals surface area contributed by atoms with Crippen molar-refractivity contribution in [3.05, 3.63) is 47.5 Å². The Morgan fingerprint density at radius 2 is 2.40 bits per heavy atom. The molecule has 74 valence electrons.